The maximum absolute atomic E-state index is 5.57. The molecule has 2 aromatic carbocycles. The predicted octanol–water partition coefficient (Wildman–Crippen LogP) is 3.48. The second kappa shape index (κ2) is 8.15. The number of oxime groups is 1. The van der Waals surface area contributed by atoms with Crippen molar-refractivity contribution in [3.05, 3.63) is 71.1 Å². The first-order valence-corrected chi connectivity index (χ1v) is 8.13. The van der Waals surface area contributed by atoms with Gasteiger partial charge in [0, 0.05) is 0 Å². The SMILES string of the molecule is C/C(=N\OCc1ccc(C)cc1)c1ccc(OCc2nnc(N)o2)cc1. The van der Waals surface area contributed by atoms with E-state index < -0.39 is 0 Å². The number of anilines is 1. The average molecular weight is 352 g/mol. The molecule has 0 aliphatic carbocycles. The van der Waals surface area contributed by atoms with E-state index in [1.807, 2.05) is 43.3 Å². The molecule has 0 saturated carbocycles. The summed E-state index contributed by atoms with van der Waals surface area (Å²) in [7, 11) is 0. The van der Waals surface area contributed by atoms with Gasteiger partial charge in [-0.1, -0.05) is 40.1 Å². The van der Waals surface area contributed by atoms with Crippen molar-refractivity contribution < 1.29 is 14.0 Å². The second-order valence-electron chi connectivity index (χ2n) is 5.78. The zero-order valence-corrected chi connectivity index (χ0v) is 14.7. The van der Waals surface area contributed by atoms with Crippen molar-refractivity contribution >= 4 is 11.7 Å². The van der Waals surface area contributed by atoms with Crippen molar-refractivity contribution in [1.82, 2.24) is 10.2 Å². The van der Waals surface area contributed by atoms with Crippen LogP contribution >= 0.6 is 0 Å². The van der Waals surface area contributed by atoms with E-state index in [0.717, 1.165) is 16.8 Å². The smallest absolute Gasteiger partial charge is 0.312 e. The Morgan fingerprint density at radius 2 is 1.77 bits per heavy atom. The Hall–Kier alpha value is -3.35. The molecule has 134 valence electrons. The Labute approximate surface area is 151 Å². The molecule has 7 heteroatoms. The predicted molar refractivity (Wildman–Crippen MR) is 97.7 cm³/mol. The molecule has 0 aliphatic rings. The second-order valence-corrected chi connectivity index (χ2v) is 5.78. The van der Waals surface area contributed by atoms with Crippen LogP contribution in [-0.2, 0) is 18.1 Å². The summed E-state index contributed by atoms with van der Waals surface area (Å²) in [4.78, 5) is 5.43. The van der Waals surface area contributed by atoms with Gasteiger partial charge >= 0.3 is 6.01 Å². The van der Waals surface area contributed by atoms with Gasteiger partial charge in [0.2, 0.25) is 0 Å². The summed E-state index contributed by atoms with van der Waals surface area (Å²) in [6.45, 7) is 4.55. The lowest BCUT2D eigenvalue weighted by Gasteiger charge is -2.06. The van der Waals surface area contributed by atoms with E-state index in [4.69, 9.17) is 19.7 Å². The van der Waals surface area contributed by atoms with Crippen LogP contribution < -0.4 is 10.5 Å². The molecule has 0 fully saturated rings. The average Bonchev–Trinajstić information content (AvgIpc) is 3.07. The molecule has 26 heavy (non-hydrogen) atoms. The lowest BCUT2D eigenvalue weighted by atomic mass is 10.1. The number of ether oxygens (including phenoxy) is 1. The van der Waals surface area contributed by atoms with Gasteiger partial charge in [-0.2, -0.15) is 0 Å². The highest BCUT2D eigenvalue weighted by atomic mass is 16.6. The molecular formula is C19H20N4O3. The quantitative estimate of drug-likeness (QED) is 0.516. The Bertz CT molecular complexity index is 871. The van der Waals surface area contributed by atoms with E-state index in [9.17, 15) is 0 Å². The molecule has 0 aliphatic heterocycles. The van der Waals surface area contributed by atoms with E-state index in [1.165, 1.54) is 5.56 Å². The molecule has 0 atom stereocenters. The molecule has 7 nitrogen and oxygen atoms in total. The highest BCUT2D eigenvalue weighted by Crippen LogP contribution is 2.15. The fourth-order valence-electron chi connectivity index (χ4n) is 2.20. The molecule has 0 radical (unpaired) electrons. The summed E-state index contributed by atoms with van der Waals surface area (Å²) in [5, 5.41) is 11.5. The van der Waals surface area contributed by atoms with Crippen molar-refractivity contribution in [2.24, 2.45) is 5.16 Å². The minimum atomic E-state index is 0.0245. The van der Waals surface area contributed by atoms with Crippen molar-refractivity contribution in [2.75, 3.05) is 5.73 Å². The number of aryl methyl sites for hydroxylation is 1. The Morgan fingerprint density at radius 3 is 2.42 bits per heavy atom. The number of nitrogen functional groups attached to an aromatic ring is 1. The summed E-state index contributed by atoms with van der Waals surface area (Å²) in [5.74, 6) is 1.01. The third-order valence-electron chi connectivity index (χ3n) is 3.67. The number of aromatic nitrogens is 2. The molecule has 0 unspecified atom stereocenters. The van der Waals surface area contributed by atoms with E-state index in [0.29, 0.717) is 18.2 Å². The van der Waals surface area contributed by atoms with Crippen LogP contribution in [0.25, 0.3) is 0 Å². The van der Waals surface area contributed by atoms with Crippen LogP contribution in [0.3, 0.4) is 0 Å². The Kier molecular flexibility index (Phi) is 5.48. The molecular weight excluding hydrogens is 332 g/mol. The minimum absolute atomic E-state index is 0.0245. The summed E-state index contributed by atoms with van der Waals surface area (Å²) in [6.07, 6.45) is 0. The van der Waals surface area contributed by atoms with Crippen LogP contribution in [0.2, 0.25) is 0 Å². The van der Waals surface area contributed by atoms with E-state index in [-0.39, 0.29) is 12.6 Å². The minimum Gasteiger partial charge on any atom is -0.484 e. The van der Waals surface area contributed by atoms with Crippen molar-refractivity contribution in [3.63, 3.8) is 0 Å². The Morgan fingerprint density at radius 1 is 1.04 bits per heavy atom. The van der Waals surface area contributed by atoms with Gasteiger partial charge in [-0.15, -0.1) is 5.10 Å². The first-order chi connectivity index (χ1) is 12.6. The van der Waals surface area contributed by atoms with Crippen molar-refractivity contribution in [1.29, 1.82) is 0 Å². The van der Waals surface area contributed by atoms with Gasteiger partial charge in [0.15, 0.2) is 6.61 Å². The standard InChI is InChI=1S/C19H20N4O3/c1-13-3-5-15(6-4-13)11-25-23-14(2)16-7-9-17(10-8-16)24-12-18-21-22-19(20)26-18/h3-10H,11-12H2,1-2H3,(H2,20,22)/b23-14+. The lowest BCUT2D eigenvalue weighted by Crippen LogP contribution is -1.99. The topological polar surface area (TPSA) is 95.8 Å². The highest BCUT2D eigenvalue weighted by Gasteiger charge is 2.05. The highest BCUT2D eigenvalue weighted by molar-refractivity contribution is 5.98. The van der Waals surface area contributed by atoms with Gasteiger partial charge in [0.25, 0.3) is 5.89 Å². The maximum atomic E-state index is 5.57. The van der Waals surface area contributed by atoms with Gasteiger partial charge in [-0.25, -0.2) is 0 Å². The zero-order chi connectivity index (χ0) is 18.4. The Balaban J connectivity index is 1.52. The largest absolute Gasteiger partial charge is 0.484 e. The van der Waals surface area contributed by atoms with Gasteiger partial charge in [-0.05, 0) is 49.2 Å². The summed E-state index contributed by atoms with van der Waals surface area (Å²) < 4.78 is 10.6. The van der Waals surface area contributed by atoms with Gasteiger partial charge in [-0.3, -0.25) is 0 Å². The lowest BCUT2D eigenvalue weighted by molar-refractivity contribution is 0.130. The van der Waals surface area contributed by atoms with Gasteiger partial charge in [0.05, 0.1) is 5.71 Å². The summed E-state index contributed by atoms with van der Waals surface area (Å²) in [5.41, 5.74) is 9.40. The van der Waals surface area contributed by atoms with Gasteiger partial charge < -0.3 is 19.7 Å². The molecule has 0 amide bonds. The molecule has 3 aromatic rings. The van der Waals surface area contributed by atoms with Crippen LogP contribution in [0, 0.1) is 6.92 Å². The number of nitrogens with zero attached hydrogens (tertiary/aromatic N) is 3. The van der Waals surface area contributed by atoms with Crippen LogP contribution in [0.15, 0.2) is 58.1 Å². The fraction of sp³-hybridized carbons (Fsp3) is 0.211. The zero-order valence-electron chi connectivity index (χ0n) is 14.7. The first-order valence-electron chi connectivity index (χ1n) is 8.13. The third-order valence-corrected chi connectivity index (χ3v) is 3.67. The van der Waals surface area contributed by atoms with Crippen LogP contribution in [0.1, 0.15) is 29.5 Å². The molecule has 3 rings (SSSR count). The number of rotatable bonds is 7. The summed E-state index contributed by atoms with van der Waals surface area (Å²) >= 11 is 0. The normalized spacial score (nSPS) is 11.4. The molecule has 0 spiro atoms. The molecule has 2 N–H and O–H groups in total. The first kappa shape index (κ1) is 17.5. The van der Waals surface area contributed by atoms with E-state index in [1.54, 1.807) is 0 Å². The number of hydrogen-bond acceptors (Lipinski definition) is 7. The molecule has 0 saturated heterocycles. The van der Waals surface area contributed by atoms with E-state index in [2.05, 4.69) is 34.4 Å². The van der Waals surface area contributed by atoms with Gasteiger partial charge in [0.1, 0.15) is 12.4 Å². The number of nitrogens with two attached hydrogens (primary N) is 1. The third kappa shape index (κ3) is 4.83. The molecule has 1 aromatic heterocycles. The monoisotopic (exact) mass is 352 g/mol. The van der Waals surface area contributed by atoms with E-state index >= 15 is 0 Å². The van der Waals surface area contributed by atoms with Crippen LogP contribution in [0.4, 0.5) is 6.01 Å². The fourth-order valence-corrected chi connectivity index (χ4v) is 2.20. The number of hydrogen-bond donors (Lipinski definition) is 1. The van der Waals surface area contributed by atoms with Crippen LogP contribution in [0.5, 0.6) is 5.75 Å². The van der Waals surface area contributed by atoms with Crippen LogP contribution in [-0.4, -0.2) is 15.9 Å². The van der Waals surface area contributed by atoms with Crippen molar-refractivity contribution in [3.8, 4) is 5.75 Å². The maximum Gasteiger partial charge on any atom is 0.312 e. The molecule has 0 bridgehead atoms. The summed E-state index contributed by atoms with van der Waals surface area (Å²) in [6, 6.07) is 15.7. The number of benzene rings is 2. The van der Waals surface area contributed by atoms with Crippen molar-refractivity contribution in [2.45, 2.75) is 27.1 Å². The molecule has 1 heterocycles.